The van der Waals surface area contributed by atoms with Crippen LogP contribution >= 0.6 is 7.60 Å². The van der Waals surface area contributed by atoms with Crippen LogP contribution in [0.2, 0.25) is 0 Å². The minimum absolute atomic E-state index is 0.0803. The maximum Gasteiger partial charge on any atom is 0.325 e. The molecule has 0 spiro atoms. The Kier molecular flexibility index (Phi) is 11.2. The minimum Gasteiger partial charge on any atom is -0.324 e. The summed E-state index contributed by atoms with van der Waals surface area (Å²) in [7, 11) is -3.92. The van der Waals surface area contributed by atoms with Gasteiger partial charge in [0.05, 0.1) is 6.16 Å². The molecular weight excluding hydrogens is 453 g/mol. The number of aryl methyl sites for hydroxylation is 1. The molecule has 0 heterocycles. The van der Waals surface area contributed by atoms with Gasteiger partial charge in [0.2, 0.25) is 0 Å². The van der Waals surface area contributed by atoms with Crippen molar-refractivity contribution < 1.29 is 14.4 Å². The lowest BCUT2D eigenvalue weighted by atomic mass is 9.92. The maximum absolute atomic E-state index is 11.0. The topological polar surface area (TPSA) is 69.6 Å². The quantitative estimate of drug-likeness (QED) is 0.151. The normalized spacial score (nSPS) is 11.6. The molecule has 0 unspecified atom stereocenters. The van der Waals surface area contributed by atoms with Gasteiger partial charge >= 0.3 is 7.60 Å². The molecule has 3 rings (SSSR count). The molecule has 0 atom stereocenters. The molecule has 3 N–H and O–H groups in total. The van der Waals surface area contributed by atoms with Crippen LogP contribution in [0.3, 0.4) is 0 Å². The number of nitrogens with one attached hydrogen (secondary N) is 1. The second-order valence-electron chi connectivity index (χ2n) is 9.38. The number of rotatable bonds is 15. The lowest BCUT2D eigenvalue weighted by molar-refractivity contribution is 0.371. The first-order valence-electron chi connectivity index (χ1n) is 13.0. The van der Waals surface area contributed by atoms with Gasteiger partial charge in [-0.3, -0.25) is 4.57 Å². The fraction of sp³-hybridized carbons (Fsp3) is 0.400. The van der Waals surface area contributed by atoms with Crippen LogP contribution in [0.5, 0.6) is 0 Å². The summed E-state index contributed by atoms with van der Waals surface area (Å²) in [5.74, 6) is 0. The van der Waals surface area contributed by atoms with E-state index in [0.29, 0.717) is 19.5 Å². The number of unbranched alkanes of at least 4 members (excludes halogenated alkanes) is 5. The average Bonchev–Trinajstić information content (AvgIpc) is 2.86. The molecule has 0 saturated heterocycles. The van der Waals surface area contributed by atoms with E-state index in [4.69, 9.17) is 9.79 Å². The Bertz CT molecular complexity index is 1060. The molecule has 3 aromatic carbocycles. The van der Waals surface area contributed by atoms with Crippen LogP contribution < -0.4 is 5.32 Å². The molecule has 35 heavy (non-hydrogen) atoms. The zero-order chi connectivity index (χ0) is 24.9. The Hall–Kier alpha value is -2.23. The van der Waals surface area contributed by atoms with Gasteiger partial charge in [0.1, 0.15) is 0 Å². The highest BCUT2D eigenvalue weighted by Gasteiger charge is 2.12. The highest BCUT2D eigenvalue weighted by molar-refractivity contribution is 7.51. The summed E-state index contributed by atoms with van der Waals surface area (Å²) in [4.78, 5) is 18.0. The van der Waals surface area contributed by atoms with Crippen LogP contribution in [-0.2, 0) is 17.5 Å². The van der Waals surface area contributed by atoms with E-state index in [-0.39, 0.29) is 6.16 Å². The Morgan fingerprint density at radius 2 is 1.37 bits per heavy atom. The first-order valence-corrected chi connectivity index (χ1v) is 14.8. The minimum atomic E-state index is -3.92. The summed E-state index contributed by atoms with van der Waals surface area (Å²) in [6.07, 6.45) is 9.44. The molecule has 188 valence electrons. The molecule has 0 fully saturated rings. The summed E-state index contributed by atoms with van der Waals surface area (Å²) in [5, 5.41) is 3.31. The summed E-state index contributed by atoms with van der Waals surface area (Å²) in [5.41, 5.74) is 7.38. The molecule has 0 saturated carbocycles. The molecule has 5 heteroatoms. The third-order valence-corrected chi connectivity index (χ3v) is 7.28. The van der Waals surface area contributed by atoms with Gasteiger partial charge in [0, 0.05) is 6.54 Å². The third kappa shape index (κ3) is 9.74. The van der Waals surface area contributed by atoms with E-state index in [2.05, 4.69) is 79.0 Å². The second-order valence-corrected chi connectivity index (χ2v) is 11.2. The molecule has 0 aliphatic heterocycles. The van der Waals surface area contributed by atoms with Crippen molar-refractivity contribution in [3.63, 3.8) is 0 Å². The van der Waals surface area contributed by atoms with Gasteiger partial charge in [-0.2, -0.15) is 0 Å². The fourth-order valence-corrected chi connectivity index (χ4v) is 4.98. The molecule has 0 bridgehead atoms. The van der Waals surface area contributed by atoms with Gasteiger partial charge in [0.25, 0.3) is 0 Å². The van der Waals surface area contributed by atoms with Gasteiger partial charge in [0.15, 0.2) is 0 Å². The molecule has 3 aromatic rings. The third-order valence-electron chi connectivity index (χ3n) is 6.38. The van der Waals surface area contributed by atoms with E-state index in [0.717, 1.165) is 12.0 Å². The predicted octanol–water partition coefficient (Wildman–Crippen LogP) is 7.58. The van der Waals surface area contributed by atoms with Gasteiger partial charge in [-0.1, -0.05) is 106 Å². The smallest absolute Gasteiger partial charge is 0.324 e. The van der Waals surface area contributed by atoms with Crippen molar-refractivity contribution in [1.29, 1.82) is 0 Å². The number of benzene rings is 3. The van der Waals surface area contributed by atoms with Crippen molar-refractivity contribution in [2.24, 2.45) is 0 Å². The van der Waals surface area contributed by atoms with Crippen LogP contribution in [0.4, 0.5) is 0 Å². The van der Waals surface area contributed by atoms with Gasteiger partial charge < -0.3 is 15.1 Å². The van der Waals surface area contributed by atoms with Crippen molar-refractivity contribution in [2.75, 3.05) is 12.7 Å². The fourth-order valence-electron chi connectivity index (χ4n) is 4.41. The van der Waals surface area contributed by atoms with Gasteiger partial charge in [-0.05, 0) is 65.3 Å². The molecule has 0 aromatic heterocycles. The Labute approximate surface area is 211 Å². The summed E-state index contributed by atoms with van der Waals surface area (Å²) in [6.45, 7) is 3.50. The van der Waals surface area contributed by atoms with E-state index in [1.165, 1.54) is 66.3 Å². The van der Waals surface area contributed by atoms with Gasteiger partial charge in [-0.15, -0.1) is 0 Å². The lowest BCUT2D eigenvalue weighted by Gasteiger charge is -2.14. The van der Waals surface area contributed by atoms with Crippen molar-refractivity contribution in [1.82, 2.24) is 5.32 Å². The number of hydrogen-bond donors (Lipinski definition) is 3. The van der Waals surface area contributed by atoms with Crippen LogP contribution in [0.15, 0.2) is 72.8 Å². The summed E-state index contributed by atoms with van der Waals surface area (Å²) >= 11 is 0. The second kappa shape index (κ2) is 14.4. The molecule has 0 aliphatic carbocycles. The highest BCUT2D eigenvalue weighted by Crippen LogP contribution is 2.35. The van der Waals surface area contributed by atoms with Crippen LogP contribution in [0, 0.1) is 0 Å². The summed E-state index contributed by atoms with van der Waals surface area (Å²) in [6, 6.07) is 26.0. The zero-order valence-corrected chi connectivity index (χ0v) is 21.9. The first-order chi connectivity index (χ1) is 17.0. The SMILES string of the molecule is CCCCCCCCc1ccc(-c2ccc(CNCCCP(=O)(O)O)cc2-c2ccccc2)cc1. The Balaban J connectivity index is 1.67. The van der Waals surface area contributed by atoms with Crippen LogP contribution in [0.25, 0.3) is 22.3 Å². The number of hydrogen-bond acceptors (Lipinski definition) is 2. The van der Waals surface area contributed by atoms with E-state index in [1.807, 2.05) is 6.07 Å². The van der Waals surface area contributed by atoms with Crippen molar-refractivity contribution >= 4 is 7.60 Å². The van der Waals surface area contributed by atoms with E-state index < -0.39 is 7.60 Å². The Morgan fingerprint density at radius 3 is 2.09 bits per heavy atom. The maximum atomic E-state index is 11.0. The molecule has 0 radical (unpaired) electrons. The van der Waals surface area contributed by atoms with E-state index in [1.54, 1.807) is 0 Å². The highest BCUT2D eigenvalue weighted by atomic mass is 31.2. The molecular formula is C30H40NO3P. The van der Waals surface area contributed by atoms with Crippen molar-refractivity contribution in [3.05, 3.63) is 83.9 Å². The molecule has 0 amide bonds. The van der Waals surface area contributed by atoms with Gasteiger partial charge in [-0.25, -0.2) is 0 Å². The summed E-state index contributed by atoms with van der Waals surface area (Å²) < 4.78 is 11.0. The largest absolute Gasteiger partial charge is 0.325 e. The molecule has 4 nitrogen and oxygen atoms in total. The van der Waals surface area contributed by atoms with Crippen molar-refractivity contribution in [2.45, 2.75) is 64.8 Å². The Morgan fingerprint density at radius 1 is 0.714 bits per heavy atom. The van der Waals surface area contributed by atoms with E-state index >= 15 is 0 Å². The predicted molar refractivity (Wildman–Crippen MR) is 148 cm³/mol. The standard InChI is InChI=1S/C30H40NO3P/c1-2-3-4-5-6-8-12-25-15-18-28(19-16-25)29-20-17-26(24-31-21-11-22-35(32,33)34)23-30(29)27-13-9-7-10-14-27/h7,9-10,13-20,23,31H,2-6,8,11-12,21-22,24H2,1H3,(H2,32,33,34). The zero-order valence-electron chi connectivity index (χ0n) is 21.0. The average molecular weight is 494 g/mol. The monoisotopic (exact) mass is 493 g/mol. The van der Waals surface area contributed by atoms with Crippen molar-refractivity contribution in [3.8, 4) is 22.3 Å². The van der Waals surface area contributed by atoms with E-state index in [9.17, 15) is 4.57 Å². The molecule has 0 aliphatic rings. The van der Waals surface area contributed by atoms with Crippen LogP contribution in [-0.4, -0.2) is 22.5 Å². The lowest BCUT2D eigenvalue weighted by Crippen LogP contribution is -2.15. The first kappa shape index (κ1) is 27.4. The van der Waals surface area contributed by atoms with Crippen LogP contribution in [0.1, 0.15) is 63.0 Å².